The Hall–Kier alpha value is -1.84. The van der Waals surface area contributed by atoms with Gasteiger partial charge in [-0.1, -0.05) is 6.07 Å². The number of benzene rings is 1. The van der Waals surface area contributed by atoms with E-state index in [1.165, 1.54) is 0 Å². The largest absolute Gasteiger partial charge is 0.466 e. The van der Waals surface area contributed by atoms with Crippen LogP contribution in [0.4, 0.5) is 13.2 Å². The van der Waals surface area contributed by atoms with Gasteiger partial charge in [0, 0.05) is 12.1 Å². The van der Waals surface area contributed by atoms with E-state index in [1.54, 1.807) is 19.9 Å². The normalized spacial score (nSPS) is 13.9. The monoisotopic (exact) mass is 363 g/mol. The van der Waals surface area contributed by atoms with Crippen LogP contribution < -0.4 is 4.72 Å². The number of halogens is 3. The van der Waals surface area contributed by atoms with E-state index in [9.17, 15) is 26.7 Å². The second-order valence-corrected chi connectivity index (χ2v) is 7.03. The molecule has 5 nitrogen and oxygen atoms in total. The van der Waals surface area contributed by atoms with Crippen molar-refractivity contribution in [1.82, 2.24) is 4.72 Å². The number of alkyl halides is 3. The minimum atomic E-state index is -4.64. The lowest BCUT2D eigenvalue weighted by molar-refractivity contribution is -0.137. The predicted molar refractivity (Wildman–Crippen MR) is 79.8 cm³/mol. The first-order chi connectivity index (χ1) is 11.0. The lowest BCUT2D eigenvalue weighted by atomic mass is 10.1. The van der Waals surface area contributed by atoms with E-state index in [4.69, 9.17) is 4.42 Å². The van der Waals surface area contributed by atoms with Crippen LogP contribution in [0.1, 0.15) is 28.8 Å². The van der Waals surface area contributed by atoms with Gasteiger partial charge in [0.1, 0.15) is 11.5 Å². The van der Waals surface area contributed by atoms with Crippen LogP contribution in [-0.4, -0.2) is 20.1 Å². The summed E-state index contributed by atoms with van der Waals surface area (Å²) >= 11 is 0. The highest BCUT2D eigenvalue weighted by Gasteiger charge is 2.31. The summed E-state index contributed by atoms with van der Waals surface area (Å²) in [6.07, 6.45) is -5.82. The molecule has 0 amide bonds. The molecule has 132 valence electrons. The number of rotatable bonds is 5. The lowest BCUT2D eigenvalue weighted by Gasteiger charge is -2.13. The molecule has 2 rings (SSSR count). The van der Waals surface area contributed by atoms with Gasteiger partial charge < -0.3 is 9.52 Å². The number of aliphatic hydroxyl groups is 1. The molecule has 24 heavy (non-hydrogen) atoms. The third-order valence-corrected chi connectivity index (χ3v) is 4.80. The Balaban J connectivity index is 2.16. The quantitative estimate of drug-likeness (QED) is 0.856. The summed E-state index contributed by atoms with van der Waals surface area (Å²) in [6, 6.07) is 4.96. The van der Waals surface area contributed by atoms with Crippen molar-refractivity contribution in [2.24, 2.45) is 0 Å². The van der Waals surface area contributed by atoms with Crippen LogP contribution >= 0.6 is 0 Å². The van der Waals surface area contributed by atoms with Crippen molar-refractivity contribution in [1.29, 1.82) is 0 Å². The molecule has 0 aliphatic carbocycles. The highest BCUT2D eigenvalue weighted by molar-refractivity contribution is 7.89. The van der Waals surface area contributed by atoms with E-state index in [1.807, 2.05) is 0 Å². The van der Waals surface area contributed by atoms with Crippen LogP contribution in [0.5, 0.6) is 0 Å². The van der Waals surface area contributed by atoms with Gasteiger partial charge in [0.15, 0.2) is 0 Å². The van der Waals surface area contributed by atoms with Crippen molar-refractivity contribution in [2.75, 3.05) is 6.54 Å². The van der Waals surface area contributed by atoms with Gasteiger partial charge in [-0.15, -0.1) is 0 Å². The van der Waals surface area contributed by atoms with Crippen LogP contribution in [0, 0.1) is 13.8 Å². The van der Waals surface area contributed by atoms with Crippen LogP contribution in [0.3, 0.4) is 0 Å². The Morgan fingerprint density at radius 2 is 1.92 bits per heavy atom. The number of furan rings is 1. The van der Waals surface area contributed by atoms with Gasteiger partial charge >= 0.3 is 6.18 Å². The summed E-state index contributed by atoms with van der Waals surface area (Å²) in [5.74, 6) is 1.00. The summed E-state index contributed by atoms with van der Waals surface area (Å²) in [5.41, 5.74) is -0.647. The van der Waals surface area contributed by atoms with Crippen molar-refractivity contribution < 1.29 is 31.1 Å². The third-order valence-electron chi connectivity index (χ3n) is 3.38. The van der Waals surface area contributed by atoms with E-state index in [0.717, 1.165) is 18.2 Å². The van der Waals surface area contributed by atoms with E-state index in [2.05, 4.69) is 4.72 Å². The molecule has 0 aliphatic heterocycles. The molecule has 1 heterocycles. The second-order valence-electron chi connectivity index (χ2n) is 5.26. The maximum atomic E-state index is 12.7. The molecule has 2 aromatic rings. The van der Waals surface area contributed by atoms with E-state index >= 15 is 0 Å². The fourth-order valence-electron chi connectivity index (χ4n) is 2.20. The fraction of sp³-hybridized carbons (Fsp3) is 0.333. The number of sulfonamides is 1. The molecule has 2 N–H and O–H groups in total. The first-order valence-corrected chi connectivity index (χ1v) is 8.41. The van der Waals surface area contributed by atoms with Gasteiger partial charge in [-0.2, -0.15) is 13.2 Å². The third kappa shape index (κ3) is 4.16. The number of hydrogen-bond donors (Lipinski definition) is 2. The molecule has 1 aromatic carbocycles. The zero-order valence-corrected chi connectivity index (χ0v) is 13.7. The summed E-state index contributed by atoms with van der Waals surface area (Å²) in [6.45, 7) is 2.90. The zero-order chi connectivity index (χ0) is 18.1. The molecule has 0 aliphatic rings. The molecule has 1 aromatic heterocycles. The average Bonchev–Trinajstić information content (AvgIpc) is 2.83. The molecule has 0 radical (unpaired) electrons. The van der Waals surface area contributed by atoms with E-state index < -0.39 is 39.3 Å². The Morgan fingerprint density at radius 1 is 1.25 bits per heavy atom. The smallest absolute Gasteiger partial charge is 0.416 e. The highest BCUT2D eigenvalue weighted by Crippen LogP contribution is 2.30. The van der Waals surface area contributed by atoms with Crippen LogP contribution in [0.2, 0.25) is 0 Å². The van der Waals surface area contributed by atoms with Crippen LogP contribution in [0.25, 0.3) is 0 Å². The van der Waals surface area contributed by atoms with Gasteiger partial charge in [-0.25, -0.2) is 13.1 Å². The molecule has 1 atom stereocenters. The number of hydrogen-bond acceptors (Lipinski definition) is 4. The summed E-state index contributed by atoms with van der Waals surface area (Å²) < 4.78 is 69.6. The van der Waals surface area contributed by atoms with Gasteiger partial charge in [-0.3, -0.25) is 0 Å². The molecule has 0 saturated carbocycles. The Labute approximate surface area is 137 Å². The SMILES string of the molecule is Cc1cc(C(O)CNS(=O)(=O)c2cccc(C(F)(F)F)c2)c(C)o1. The standard InChI is InChI=1S/C15H16F3NO4S/c1-9-6-13(10(2)23-9)14(20)8-19-24(21,22)12-5-3-4-11(7-12)15(16,17)18/h3-7,14,19-20H,8H2,1-2H3. The average molecular weight is 363 g/mol. The topological polar surface area (TPSA) is 79.5 Å². The zero-order valence-electron chi connectivity index (χ0n) is 12.9. The number of aliphatic hydroxyl groups excluding tert-OH is 1. The summed E-state index contributed by atoms with van der Waals surface area (Å²) in [4.78, 5) is -0.523. The Bertz CT molecular complexity index is 827. The summed E-state index contributed by atoms with van der Waals surface area (Å²) in [5, 5.41) is 10.0. The minimum Gasteiger partial charge on any atom is -0.466 e. The molecule has 0 saturated heterocycles. The molecular formula is C15H16F3NO4S. The van der Waals surface area contributed by atoms with Crippen molar-refractivity contribution in [2.45, 2.75) is 31.0 Å². The Morgan fingerprint density at radius 3 is 2.46 bits per heavy atom. The fourth-order valence-corrected chi connectivity index (χ4v) is 3.29. The minimum absolute atomic E-state index is 0.390. The molecule has 1 unspecified atom stereocenters. The van der Waals surface area contributed by atoms with Crippen molar-refractivity contribution >= 4 is 10.0 Å². The molecular weight excluding hydrogens is 347 g/mol. The van der Waals surface area contributed by atoms with Gasteiger partial charge in [-0.05, 0) is 38.1 Å². The van der Waals surface area contributed by atoms with Crippen molar-refractivity contribution in [3.63, 3.8) is 0 Å². The molecule has 0 bridgehead atoms. The van der Waals surface area contributed by atoms with Crippen LogP contribution in [-0.2, 0) is 16.2 Å². The van der Waals surface area contributed by atoms with Crippen molar-refractivity contribution in [3.8, 4) is 0 Å². The molecule has 0 fully saturated rings. The molecule has 9 heteroatoms. The molecule has 0 spiro atoms. The van der Waals surface area contributed by atoms with Crippen molar-refractivity contribution in [3.05, 3.63) is 53.0 Å². The Kier molecular flexibility index (Phi) is 5.07. The first-order valence-electron chi connectivity index (χ1n) is 6.92. The van der Waals surface area contributed by atoms with Gasteiger partial charge in [0.25, 0.3) is 0 Å². The predicted octanol–water partition coefficient (Wildman–Crippen LogP) is 2.93. The van der Waals surface area contributed by atoms with E-state index in [0.29, 0.717) is 23.2 Å². The maximum absolute atomic E-state index is 12.7. The van der Waals surface area contributed by atoms with Gasteiger partial charge in [0.2, 0.25) is 10.0 Å². The first kappa shape index (κ1) is 18.5. The highest BCUT2D eigenvalue weighted by atomic mass is 32.2. The number of aryl methyl sites for hydroxylation is 2. The lowest BCUT2D eigenvalue weighted by Crippen LogP contribution is -2.28. The van der Waals surface area contributed by atoms with Crippen LogP contribution in [0.15, 0.2) is 39.6 Å². The van der Waals surface area contributed by atoms with Gasteiger partial charge in [0.05, 0.1) is 16.6 Å². The second kappa shape index (κ2) is 6.58. The maximum Gasteiger partial charge on any atom is 0.416 e. The number of nitrogens with one attached hydrogen (secondary N) is 1. The summed E-state index contributed by atoms with van der Waals surface area (Å²) in [7, 11) is -4.19. The van der Waals surface area contributed by atoms with E-state index in [-0.39, 0.29) is 0 Å².